The molecule has 4 aromatic rings. The summed E-state index contributed by atoms with van der Waals surface area (Å²) in [5.74, 6) is -3.02. The molecule has 2 heterocycles. The molecule has 0 aliphatic carbocycles. The van der Waals surface area contributed by atoms with Gasteiger partial charge in [0.1, 0.15) is 11.5 Å². The lowest BCUT2D eigenvalue weighted by atomic mass is 10.00. The van der Waals surface area contributed by atoms with Gasteiger partial charge in [0, 0.05) is 41.0 Å². The van der Waals surface area contributed by atoms with Crippen molar-refractivity contribution in [1.82, 2.24) is 9.97 Å². The molecular formula is C24H20F2N3O4S+. The number of anilines is 1. The second-order valence-electron chi connectivity index (χ2n) is 7.53. The van der Waals surface area contributed by atoms with Gasteiger partial charge in [0.2, 0.25) is 15.8 Å². The number of fused-ring (bicyclic) bond motifs is 1. The highest BCUT2D eigenvalue weighted by Gasteiger charge is 2.26. The Morgan fingerprint density at radius 3 is 2.56 bits per heavy atom. The summed E-state index contributed by atoms with van der Waals surface area (Å²) >= 11 is 0. The molecule has 0 spiro atoms. The van der Waals surface area contributed by atoms with Crippen LogP contribution in [-0.4, -0.2) is 36.7 Å². The van der Waals surface area contributed by atoms with E-state index < -0.39 is 38.7 Å². The Kier molecular flexibility index (Phi) is 6.25. The maximum Gasteiger partial charge on any atom is 0.351 e. The van der Waals surface area contributed by atoms with Crippen molar-refractivity contribution in [2.45, 2.75) is 13.3 Å². The van der Waals surface area contributed by atoms with Crippen molar-refractivity contribution in [1.29, 1.82) is 0 Å². The summed E-state index contributed by atoms with van der Waals surface area (Å²) in [6.45, 7) is 5.00. The number of nitrogens with zero attached hydrogens (tertiary/aromatic N) is 1. The monoisotopic (exact) mass is 484 g/mol. The first-order valence-electron chi connectivity index (χ1n) is 10.3. The van der Waals surface area contributed by atoms with Crippen molar-refractivity contribution in [2.75, 3.05) is 10.5 Å². The number of ketones is 1. The van der Waals surface area contributed by atoms with E-state index in [1.54, 1.807) is 43.5 Å². The molecule has 2 aromatic heterocycles. The number of carbonyl (C=O) groups excluding carboxylic acids is 2. The first kappa shape index (κ1) is 23.2. The van der Waals surface area contributed by atoms with Gasteiger partial charge in [-0.2, -0.15) is 0 Å². The van der Waals surface area contributed by atoms with Crippen LogP contribution in [0, 0.1) is 11.6 Å². The molecule has 0 bridgehead atoms. The van der Waals surface area contributed by atoms with Crippen LogP contribution in [0.4, 0.5) is 14.5 Å². The van der Waals surface area contributed by atoms with Crippen LogP contribution >= 0.6 is 0 Å². The number of H-pyrrole nitrogens is 1. The number of rotatable bonds is 8. The van der Waals surface area contributed by atoms with E-state index in [1.165, 1.54) is 6.20 Å². The summed E-state index contributed by atoms with van der Waals surface area (Å²) in [6.07, 6.45) is 3.22. The zero-order chi connectivity index (χ0) is 24.5. The molecule has 0 unspecified atom stereocenters. The van der Waals surface area contributed by atoms with E-state index in [1.807, 2.05) is 0 Å². The molecule has 0 saturated carbocycles. The molecule has 0 fully saturated rings. The van der Waals surface area contributed by atoms with Crippen molar-refractivity contribution < 1.29 is 26.4 Å². The maximum atomic E-state index is 15.1. The predicted molar refractivity (Wildman–Crippen MR) is 126 cm³/mol. The van der Waals surface area contributed by atoms with Crippen LogP contribution in [-0.2, 0) is 14.4 Å². The lowest BCUT2D eigenvalue weighted by Crippen LogP contribution is -2.18. The van der Waals surface area contributed by atoms with Gasteiger partial charge in [-0.3, -0.25) is 9.52 Å². The second-order valence-corrected chi connectivity index (χ2v) is 9.37. The lowest BCUT2D eigenvalue weighted by Gasteiger charge is -2.11. The summed E-state index contributed by atoms with van der Waals surface area (Å²) in [6, 6.07) is 10.5. The Balaban J connectivity index is 1.77. The van der Waals surface area contributed by atoms with Crippen LogP contribution in [0.25, 0.3) is 22.2 Å². The second kappa shape index (κ2) is 9.14. The van der Waals surface area contributed by atoms with Crippen LogP contribution < -0.4 is 4.72 Å². The van der Waals surface area contributed by atoms with Crippen molar-refractivity contribution >= 4 is 39.3 Å². The van der Waals surface area contributed by atoms with Crippen LogP contribution in [0.1, 0.15) is 29.3 Å². The maximum absolute atomic E-state index is 15.1. The van der Waals surface area contributed by atoms with Gasteiger partial charge in [-0.05, 0) is 42.3 Å². The smallest absolute Gasteiger partial charge is 0.345 e. The average Bonchev–Trinajstić information content (AvgIpc) is 3.24. The SMILES string of the molecule is C=[O+]c1ccc(-c2cnc3[nH]cc(C(=O)c4c(F)ccc(NS(=O)(=O)CCC)c4F)c3c2)cc1. The van der Waals surface area contributed by atoms with E-state index in [4.69, 9.17) is 4.42 Å². The molecule has 4 rings (SSSR count). The third-order valence-corrected chi connectivity index (χ3v) is 6.66. The van der Waals surface area contributed by atoms with Gasteiger partial charge in [-0.1, -0.05) is 6.92 Å². The quantitative estimate of drug-likeness (QED) is 0.272. The molecule has 2 N–H and O–H groups in total. The lowest BCUT2D eigenvalue weighted by molar-refractivity contribution is -0.354. The zero-order valence-electron chi connectivity index (χ0n) is 18.1. The van der Waals surface area contributed by atoms with Gasteiger partial charge >= 0.3 is 5.75 Å². The molecule has 10 heteroatoms. The molecular weight excluding hydrogens is 464 g/mol. The highest BCUT2D eigenvalue weighted by molar-refractivity contribution is 7.92. The number of carbonyl (C=O) groups is 1. The molecule has 0 amide bonds. The standard InChI is InChI=1S/C24H19F2N3O4S/c1-3-10-34(31,32)29-20-9-8-19(25)21(22(20)26)23(30)18-13-28-24-17(18)11-15(12-27-24)14-4-6-16(33-2)7-5-14/h4-9,11-13,29H,2-3,10H2,1H3/p+1. The number of halogens is 2. The summed E-state index contributed by atoms with van der Waals surface area (Å²) in [5.41, 5.74) is 0.432. The van der Waals surface area contributed by atoms with Crippen molar-refractivity contribution in [2.24, 2.45) is 0 Å². The van der Waals surface area contributed by atoms with Gasteiger partial charge < -0.3 is 4.98 Å². The van der Waals surface area contributed by atoms with Crippen molar-refractivity contribution in [3.8, 4) is 16.9 Å². The topological polar surface area (TPSA) is 103 Å². The minimum atomic E-state index is -3.85. The number of aromatic nitrogens is 2. The van der Waals surface area contributed by atoms with Gasteiger partial charge in [-0.15, -0.1) is 0 Å². The van der Waals surface area contributed by atoms with Crippen LogP contribution in [0.15, 0.2) is 54.9 Å². The Labute approximate surface area is 194 Å². The van der Waals surface area contributed by atoms with Crippen molar-refractivity contribution in [3.05, 3.63) is 77.6 Å². The minimum Gasteiger partial charge on any atom is -0.345 e. The Morgan fingerprint density at radius 2 is 1.88 bits per heavy atom. The third-order valence-electron chi connectivity index (χ3n) is 5.19. The highest BCUT2D eigenvalue weighted by atomic mass is 32.2. The molecule has 7 nitrogen and oxygen atoms in total. The summed E-state index contributed by atoms with van der Waals surface area (Å²) in [5, 5.41) is 0.357. The van der Waals surface area contributed by atoms with Crippen LogP contribution in [0.2, 0.25) is 0 Å². The predicted octanol–water partition coefficient (Wildman–Crippen LogP) is 4.97. The largest absolute Gasteiger partial charge is 0.351 e. The van der Waals surface area contributed by atoms with Crippen molar-refractivity contribution in [3.63, 3.8) is 0 Å². The third kappa shape index (κ3) is 4.44. The first-order valence-corrected chi connectivity index (χ1v) is 11.9. The van der Waals surface area contributed by atoms with E-state index in [-0.39, 0.29) is 11.3 Å². The minimum absolute atomic E-state index is 0.00609. The van der Waals surface area contributed by atoms with E-state index in [0.29, 0.717) is 28.8 Å². The molecule has 2 aromatic carbocycles. The van der Waals surface area contributed by atoms with Crippen LogP contribution in [0.5, 0.6) is 5.75 Å². The molecule has 174 valence electrons. The first-order chi connectivity index (χ1) is 16.2. The number of benzene rings is 2. The molecule has 0 radical (unpaired) electrons. The number of sulfonamides is 1. The molecule has 0 atom stereocenters. The molecule has 0 aliphatic rings. The van der Waals surface area contributed by atoms with E-state index in [0.717, 1.165) is 17.7 Å². The fourth-order valence-electron chi connectivity index (χ4n) is 3.55. The average molecular weight is 485 g/mol. The number of pyridine rings is 1. The fraction of sp³-hybridized carbons (Fsp3) is 0.125. The number of hydrogen-bond donors (Lipinski definition) is 2. The van der Waals surface area contributed by atoms with Gasteiger partial charge in [-0.25, -0.2) is 26.6 Å². The van der Waals surface area contributed by atoms with E-state index >= 15 is 4.39 Å². The van der Waals surface area contributed by atoms with E-state index in [2.05, 4.69) is 21.5 Å². The fourth-order valence-corrected chi connectivity index (χ4v) is 4.69. The van der Waals surface area contributed by atoms with E-state index in [9.17, 15) is 17.6 Å². The summed E-state index contributed by atoms with van der Waals surface area (Å²) in [7, 11) is -3.85. The molecule has 34 heavy (non-hydrogen) atoms. The Hall–Kier alpha value is -3.92. The number of nitrogens with one attached hydrogen (secondary N) is 2. The number of aromatic amines is 1. The number of hydrogen-bond acceptors (Lipinski definition) is 4. The van der Waals surface area contributed by atoms with Crippen LogP contribution in [0.3, 0.4) is 0 Å². The van der Waals surface area contributed by atoms with Gasteiger partial charge in [0.25, 0.3) is 6.79 Å². The molecule has 0 saturated heterocycles. The Morgan fingerprint density at radius 1 is 1.15 bits per heavy atom. The summed E-state index contributed by atoms with van der Waals surface area (Å²) < 4.78 is 60.8. The van der Waals surface area contributed by atoms with Gasteiger partial charge in [0.15, 0.2) is 5.82 Å². The summed E-state index contributed by atoms with van der Waals surface area (Å²) in [4.78, 5) is 20.3. The van der Waals surface area contributed by atoms with Gasteiger partial charge in [0.05, 0.1) is 17.0 Å². The molecule has 0 aliphatic heterocycles. The zero-order valence-corrected chi connectivity index (χ0v) is 18.9. The Bertz CT molecular complexity index is 1510. The highest BCUT2D eigenvalue weighted by Crippen LogP contribution is 2.30. The normalized spacial score (nSPS) is 11.5.